The van der Waals surface area contributed by atoms with Crippen LogP contribution in [0, 0.1) is 0 Å². The Morgan fingerprint density at radius 1 is 1.15 bits per heavy atom. The van der Waals surface area contributed by atoms with Crippen LogP contribution in [0.5, 0.6) is 11.5 Å². The molecule has 2 heterocycles. The second kappa shape index (κ2) is 6.40. The van der Waals surface area contributed by atoms with E-state index in [1.165, 1.54) is 6.20 Å². The van der Waals surface area contributed by atoms with Gasteiger partial charge < -0.3 is 19.6 Å². The van der Waals surface area contributed by atoms with Crippen molar-refractivity contribution >= 4 is 33.5 Å². The largest absolute Gasteiger partial charge is 0.503 e. The number of amides is 1. The van der Waals surface area contributed by atoms with Crippen LogP contribution in [-0.4, -0.2) is 18.1 Å². The fourth-order valence-electron chi connectivity index (χ4n) is 2.98. The van der Waals surface area contributed by atoms with Crippen LogP contribution >= 0.6 is 0 Å². The van der Waals surface area contributed by atoms with Crippen molar-refractivity contribution < 1.29 is 23.6 Å². The summed E-state index contributed by atoms with van der Waals surface area (Å²) in [6.07, 6.45) is 3.19. The number of hydrogen-bond acceptors (Lipinski definition) is 4. The van der Waals surface area contributed by atoms with Crippen LogP contribution < -0.4 is 14.6 Å². The first-order valence-electron chi connectivity index (χ1n) is 8.11. The summed E-state index contributed by atoms with van der Waals surface area (Å²) >= 11 is 0. The van der Waals surface area contributed by atoms with Crippen molar-refractivity contribution in [2.24, 2.45) is 0 Å². The molecule has 0 saturated heterocycles. The van der Waals surface area contributed by atoms with Crippen LogP contribution in [0.2, 0.25) is 0 Å². The van der Waals surface area contributed by atoms with E-state index >= 15 is 0 Å². The Morgan fingerprint density at radius 2 is 2.00 bits per heavy atom. The van der Waals surface area contributed by atoms with Crippen molar-refractivity contribution in [3.05, 3.63) is 60.9 Å². The molecule has 0 spiro atoms. The highest BCUT2D eigenvalue weighted by Gasteiger charge is 2.16. The smallest absolute Gasteiger partial charge is 0.290 e. The number of aromatic hydroxyl groups is 1. The molecule has 1 amide bonds. The molecule has 4 aromatic rings. The number of anilines is 1. The maximum Gasteiger partial charge on any atom is 0.290 e. The number of rotatable bonds is 4. The van der Waals surface area contributed by atoms with Gasteiger partial charge in [0.1, 0.15) is 16.9 Å². The molecule has 0 radical (unpaired) electrons. The van der Waals surface area contributed by atoms with E-state index in [-0.39, 0.29) is 18.2 Å². The second-order valence-corrected chi connectivity index (χ2v) is 5.93. The molecule has 0 saturated carbocycles. The predicted octanol–water partition coefficient (Wildman–Crippen LogP) is 3.23. The lowest BCUT2D eigenvalue weighted by Gasteiger charge is -2.09. The first-order valence-corrected chi connectivity index (χ1v) is 8.11. The van der Waals surface area contributed by atoms with Crippen molar-refractivity contribution in [1.82, 2.24) is 0 Å². The third-order valence-electron chi connectivity index (χ3n) is 4.14. The Bertz CT molecular complexity index is 1120. The summed E-state index contributed by atoms with van der Waals surface area (Å²) in [6, 6.07) is 14.6. The highest BCUT2D eigenvalue weighted by atomic mass is 16.5. The van der Waals surface area contributed by atoms with E-state index in [9.17, 15) is 9.90 Å². The van der Waals surface area contributed by atoms with Crippen LogP contribution in [-0.2, 0) is 11.3 Å². The summed E-state index contributed by atoms with van der Waals surface area (Å²) in [5.41, 5.74) is 1.99. The van der Waals surface area contributed by atoms with Gasteiger partial charge in [0.05, 0.1) is 12.8 Å². The quantitative estimate of drug-likeness (QED) is 0.555. The number of pyridine rings is 1. The number of hydrogen-bond donors (Lipinski definition) is 2. The van der Waals surface area contributed by atoms with E-state index in [1.54, 1.807) is 36.1 Å². The molecule has 26 heavy (non-hydrogen) atoms. The number of para-hydroxylation sites is 1. The summed E-state index contributed by atoms with van der Waals surface area (Å²) in [6.45, 7) is 0.0652. The van der Waals surface area contributed by atoms with Gasteiger partial charge in [0.2, 0.25) is 12.7 Å². The Labute approximate surface area is 149 Å². The summed E-state index contributed by atoms with van der Waals surface area (Å²) < 4.78 is 12.9. The lowest BCUT2D eigenvalue weighted by atomic mass is 10.1. The average Bonchev–Trinajstić information content (AvgIpc) is 2.98. The number of ether oxygens (including phenoxy) is 1. The Kier molecular flexibility index (Phi) is 3.93. The fourth-order valence-corrected chi connectivity index (χ4v) is 2.98. The summed E-state index contributed by atoms with van der Waals surface area (Å²) in [5, 5.41) is 14.3. The van der Waals surface area contributed by atoms with Crippen LogP contribution in [0.4, 0.5) is 5.69 Å². The molecular weight excluding hydrogens is 332 g/mol. The number of nitrogens with one attached hydrogen (secondary N) is 1. The molecule has 0 unspecified atom stereocenters. The standard InChI is InChI=1S/C20H16N2O4/c1-25-19-9-15-14-6-2-3-7-17(14)26-18(15)10-16(19)21-20(24)12-22-8-4-5-13(23)11-22/h2-11H,12H2,1H3,(H-,21,23,24)/p+1. The Balaban J connectivity index is 1.66. The number of nitrogens with zero attached hydrogens (tertiary/aromatic N) is 1. The minimum atomic E-state index is -0.241. The Morgan fingerprint density at radius 3 is 2.81 bits per heavy atom. The number of carbonyl (C=O) groups excluding carboxylic acids is 1. The summed E-state index contributed by atoms with van der Waals surface area (Å²) in [4.78, 5) is 12.4. The van der Waals surface area contributed by atoms with Gasteiger partial charge in [-0.3, -0.25) is 4.79 Å². The summed E-state index contributed by atoms with van der Waals surface area (Å²) in [5.74, 6) is 0.411. The molecule has 0 aliphatic rings. The topological polar surface area (TPSA) is 75.6 Å². The minimum Gasteiger partial charge on any atom is -0.503 e. The monoisotopic (exact) mass is 349 g/mol. The van der Waals surface area contributed by atoms with Gasteiger partial charge in [0, 0.05) is 22.9 Å². The van der Waals surface area contributed by atoms with Gasteiger partial charge >= 0.3 is 0 Å². The van der Waals surface area contributed by atoms with Crippen molar-refractivity contribution in [1.29, 1.82) is 0 Å². The molecule has 0 bridgehead atoms. The van der Waals surface area contributed by atoms with E-state index in [0.717, 1.165) is 16.4 Å². The second-order valence-electron chi connectivity index (χ2n) is 5.93. The van der Waals surface area contributed by atoms with Gasteiger partial charge in [-0.1, -0.05) is 18.2 Å². The lowest BCUT2D eigenvalue weighted by molar-refractivity contribution is -0.684. The van der Waals surface area contributed by atoms with Crippen molar-refractivity contribution in [2.75, 3.05) is 12.4 Å². The van der Waals surface area contributed by atoms with Crippen LogP contribution in [0.25, 0.3) is 21.9 Å². The third kappa shape index (κ3) is 2.93. The molecule has 0 aliphatic heterocycles. The molecule has 4 rings (SSSR count). The maximum absolute atomic E-state index is 12.4. The van der Waals surface area contributed by atoms with Gasteiger partial charge in [-0.15, -0.1) is 0 Å². The normalized spacial score (nSPS) is 11.0. The zero-order valence-electron chi connectivity index (χ0n) is 14.1. The maximum atomic E-state index is 12.4. The fraction of sp³-hybridized carbons (Fsp3) is 0.100. The van der Waals surface area contributed by atoms with Gasteiger partial charge in [-0.05, 0) is 18.2 Å². The van der Waals surface area contributed by atoms with Crippen LogP contribution in [0.1, 0.15) is 0 Å². The van der Waals surface area contributed by atoms with Gasteiger partial charge in [-0.2, -0.15) is 4.57 Å². The summed E-state index contributed by atoms with van der Waals surface area (Å²) in [7, 11) is 1.56. The van der Waals surface area contributed by atoms with Gasteiger partial charge in [0.25, 0.3) is 5.91 Å². The molecule has 0 fully saturated rings. The first-order chi connectivity index (χ1) is 12.6. The van der Waals surface area contributed by atoms with E-state index in [2.05, 4.69) is 5.32 Å². The molecule has 2 N–H and O–H groups in total. The molecule has 2 aromatic heterocycles. The van der Waals surface area contributed by atoms with E-state index < -0.39 is 0 Å². The van der Waals surface area contributed by atoms with Crippen molar-refractivity contribution in [2.45, 2.75) is 6.54 Å². The zero-order chi connectivity index (χ0) is 18.1. The highest BCUT2D eigenvalue weighted by Crippen LogP contribution is 2.36. The Hall–Kier alpha value is -3.54. The number of carbonyl (C=O) groups is 1. The number of benzene rings is 2. The molecule has 2 aromatic carbocycles. The SMILES string of the molecule is COc1cc2c(cc1NC(=O)C[n+]1cccc(O)c1)oc1ccccc12. The molecular formula is C20H17N2O4+. The third-order valence-corrected chi connectivity index (χ3v) is 4.14. The first kappa shape index (κ1) is 16.0. The van der Waals surface area contributed by atoms with Gasteiger partial charge in [0.15, 0.2) is 11.9 Å². The number of fused-ring (bicyclic) bond motifs is 3. The number of methoxy groups -OCH3 is 1. The molecule has 6 nitrogen and oxygen atoms in total. The number of aromatic nitrogens is 1. The molecule has 0 atom stereocenters. The van der Waals surface area contributed by atoms with E-state index in [0.29, 0.717) is 17.0 Å². The van der Waals surface area contributed by atoms with Crippen molar-refractivity contribution in [3.63, 3.8) is 0 Å². The average molecular weight is 349 g/mol. The zero-order valence-corrected chi connectivity index (χ0v) is 14.1. The molecule has 0 aliphatic carbocycles. The van der Waals surface area contributed by atoms with Crippen molar-refractivity contribution in [3.8, 4) is 11.5 Å². The van der Waals surface area contributed by atoms with Crippen LogP contribution in [0.15, 0.2) is 65.3 Å². The highest BCUT2D eigenvalue weighted by molar-refractivity contribution is 6.07. The molecule has 130 valence electrons. The molecule has 6 heteroatoms. The van der Waals surface area contributed by atoms with Gasteiger partial charge in [-0.25, -0.2) is 0 Å². The predicted molar refractivity (Wildman–Crippen MR) is 97.2 cm³/mol. The number of furan rings is 1. The minimum absolute atomic E-state index is 0.0652. The lowest BCUT2D eigenvalue weighted by Crippen LogP contribution is -2.39. The van der Waals surface area contributed by atoms with E-state index in [1.807, 2.05) is 30.3 Å². The van der Waals surface area contributed by atoms with E-state index in [4.69, 9.17) is 9.15 Å². The van der Waals surface area contributed by atoms with Crippen LogP contribution in [0.3, 0.4) is 0 Å².